The first-order chi connectivity index (χ1) is 13.0. The largest absolute Gasteiger partial charge is 0.325 e. The van der Waals surface area contributed by atoms with E-state index in [9.17, 15) is 9.00 Å². The predicted molar refractivity (Wildman–Crippen MR) is 112 cm³/mol. The van der Waals surface area contributed by atoms with E-state index in [2.05, 4.69) is 31.2 Å². The minimum absolute atomic E-state index is 0.0429. The first-order valence-electron chi connectivity index (χ1n) is 8.29. The second-order valence-electron chi connectivity index (χ2n) is 6.00. The average molecular weight is 444 g/mol. The van der Waals surface area contributed by atoms with Crippen LogP contribution in [0.15, 0.2) is 65.3 Å². The number of carbonyl (C=O) groups is 1. The van der Waals surface area contributed by atoms with Gasteiger partial charge in [0.1, 0.15) is 5.75 Å². The number of aromatic nitrogens is 2. The van der Waals surface area contributed by atoms with Gasteiger partial charge in [0.15, 0.2) is 5.82 Å². The Morgan fingerprint density at radius 3 is 2.44 bits per heavy atom. The van der Waals surface area contributed by atoms with Crippen molar-refractivity contribution in [3.63, 3.8) is 0 Å². The molecule has 2 aromatic carbocycles. The Bertz CT molecular complexity index is 960. The summed E-state index contributed by atoms with van der Waals surface area (Å²) in [6, 6.07) is 16.7. The predicted octanol–water partition coefficient (Wildman–Crippen LogP) is 4.10. The Balaban J connectivity index is 1.56. The highest BCUT2D eigenvalue weighted by Crippen LogP contribution is 2.18. The van der Waals surface area contributed by atoms with Gasteiger partial charge in [-0.25, -0.2) is 9.97 Å². The molecule has 138 valence electrons. The Kier molecular flexibility index (Phi) is 6.47. The van der Waals surface area contributed by atoms with Crippen molar-refractivity contribution in [2.75, 3.05) is 11.1 Å². The van der Waals surface area contributed by atoms with E-state index in [1.165, 1.54) is 0 Å². The molecule has 0 aliphatic rings. The molecule has 7 heteroatoms. The fourth-order valence-electron chi connectivity index (χ4n) is 2.45. The van der Waals surface area contributed by atoms with Crippen LogP contribution in [0.1, 0.15) is 11.3 Å². The van der Waals surface area contributed by atoms with Crippen LogP contribution in [0.2, 0.25) is 0 Å². The van der Waals surface area contributed by atoms with Gasteiger partial charge in [0.05, 0.1) is 0 Å². The highest BCUT2D eigenvalue weighted by molar-refractivity contribution is 9.10. The van der Waals surface area contributed by atoms with Gasteiger partial charge >= 0.3 is 0 Å². The zero-order chi connectivity index (χ0) is 19.2. The molecular weight excluding hydrogens is 426 g/mol. The van der Waals surface area contributed by atoms with E-state index in [-0.39, 0.29) is 11.7 Å². The molecule has 0 aliphatic carbocycles. The number of hydrogen-bond donors (Lipinski definition) is 1. The summed E-state index contributed by atoms with van der Waals surface area (Å²) >= 11 is 3.36. The number of nitrogens with zero attached hydrogens (tertiary/aromatic N) is 2. The number of aryl methyl sites for hydroxylation is 1. The van der Waals surface area contributed by atoms with Crippen molar-refractivity contribution in [2.24, 2.45) is 0 Å². The Morgan fingerprint density at radius 2 is 1.78 bits per heavy atom. The number of nitrogens with one attached hydrogen (secondary N) is 1. The van der Waals surface area contributed by atoms with Crippen LogP contribution in [-0.2, 0) is 21.3 Å². The smallest absolute Gasteiger partial charge is 0.237 e. The summed E-state index contributed by atoms with van der Waals surface area (Å²) in [5, 5.41) is 2.78. The number of carbonyl (C=O) groups excluding carboxylic acids is 1. The summed E-state index contributed by atoms with van der Waals surface area (Å²) < 4.78 is 13.2. The van der Waals surface area contributed by atoms with Gasteiger partial charge in [-0.05, 0) is 55.0 Å². The van der Waals surface area contributed by atoms with Gasteiger partial charge in [0.2, 0.25) is 5.91 Å². The van der Waals surface area contributed by atoms with Gasteiger partial charge in [-0.3, -0.25) is 9.00 Å². The standard InChI is InChI=1S/C20H18BrN3O2S/c1-14-10-11-22-20(23-14)16-4-8-18(9-5-16)24-19(25)13-27(26)12-15-2-6-17(21)7-3-15/h2-11H,12-13H2,1H3,(H,24,25). The normalized spacial score (nSPS) is 11.8. The molecule has 0 spiro atoms. The SMILES string of the molecule is Cc1ccnc(-c2ccc(NC(=O)CS(=O)Cc3ccc(Br)cc3)cc2)n1. The fraction of sp³-hybridized carbons (Fsp3) is 0.150. The number of amides is 1. The monoisotopic (exact) mass is 443 g/mol. The second kappa shape index (κ2) is 9.01. The topological polar surface area (TPSA) is 72.0 Å². The molecule has 0 radical (unpaired) electrons. The van der Waals surface area contributed by atoms with Crippen LogP contribution in [0.5, 0.6) is 0 Å². The van der Waals surface area contributed by atoms with Crippen molar-refractivity contribution in [3.05, 3.63) is 76.5 Å². The minimum atomic E-state index is -1.27. The van der Waals surface area contributed by atoms with Crippen LogP contribution in [0.25, 0.3) is 11.4 Å². The summed E-state index contributed by atoms with van der Waals surface area (Å²) in [6.07, 6.45) is 1.72. The lowest BCUT2D eigenvalue weighted by Gasteiger charge is -2.07. The first-order valence-corrected chi connectivity index (χ1v) is 10.6. The molecule has 1 atom stereocenters. The van der Waals surface area contributed by atoms with Crippen LogP contribution < -0.4 is 5.32 Å². The molecule has 0 bridgehead atoms. The molecule has 1 amide bonds. The lowest BCUT2D eigenvalue weighted by molar-refractivity contribution is -0.113. The molecule has 1 unspecified atom stereocenters. The van der Waals surface area contributed by atoms with Crippen LogP contribution in [0.3, 0.4) is 0 Å². The average Bonchev–Trinajstić information content (AvgIpc) is 2.64. The molecule has 3 rings (SSSR count). The third-order valence-corrected chi connectivity index (χ3v) is 5.52. The lowest BCUT2D eigenvalue weighted by Crippen LogP contribution is -2.20. The number of rotatable bonds is 6. The van der Waals surface area contributed by atoms with Gasteiger partial charge < -0.3 is 5.32 Å². The van der Waals surface area contributed by atoms with E-state index in [1.807, 2.05) is 49.4 Å². The van der Waals surface area contributed by atoms with E-state index in [4.69, 9.17) is 0 Å². The van der Waals surface area contributed by atoms with Crippen molar-refractivity contribution in [2.45, 2.75) is 12.7 Å². The highest BCUT2D eigenvalue weighted by Gasteiger charge is 2.10. The maximum atomic E-state index is 12.2. The molecular formula is C20H18BrN3O2S. The van der Waals surface area contributed by atoms with E-state index >= 15 is 0 Å². The highest BCUT2D eigenvalue weighted by atomic mass is 79.9. The molecule has 5 nitrogen and oxygen atoms in total. The molecule has 1 heterocycles. The van der Waals surface area contributed by atoms with E-state index < -0.39 is 10.8 Å². The lowest BCUT2D eigenvalue weighted by atomic mass is 10.2. The van der Waals surface area contributed by atoms with E-state index in [1.54, 1.807) is 18.3 Å². The fourth-order valence-corrected chi connectivity index (χ4v) is 3.75. The summed E-state index contributed by atoms with van der Waals surface area (Å²) in [6.45, 7) is 1.91. The zero-order valence-electron chi connectivity index (χ0n) is 14.7. The summed E-state index contributed by atoms with van der Waals surface area (Å²) in [7, 11) is -1.27. The van der Waals surface area contributed by atoms with Crippen LogP contribution in [0, 0.1) is 6.92 Å². The van der Waals surface area contributed by atoms with Crippen LogP contribution in [0.4, 0.5) is 5.69 Å². The molecule has 0 saturated heterocycles. The second-order valence-corrected chi connectivity index (χ2v) is 8.37. The molecule has 1 aromatic heterocycles. The van der Waals surface area contributed by atoms with Crippen molar-refractivity contribution >= 4 is 38.3 Å². The number of anilines is 1. The third-order valence-electron chi connectivity index (χ3n) is 3.75. The number of hydrogen-bond acceptors (Lipinski definition) is 4. The maximum Gasteiger partial charge on any atom is 0.237 e. The molecule has 1 N–H and O–H groups in total. The molecule has 0 saturated carbocycles. The van der Waals surface area contributed by atoms with Gasteiger partial charge in [-0.1, -0.05) is 28.1 Å². The minimum Gasteiger partial charge on any atom is -0.325 e. The van der Waals surface area contributed by atoms with E-state index in [0.717, 1.165) is 21.3 Å². The van der Waals surface area contributed by atoms with Crippen molar-refractivity contribution in [1.82, 2.24) is 9.97 Å². The summed E-state index contributed by atoms with van der Waals surface area (Å²) in [5.74, 6) is 0.678. The Labute approximate surface area is 168 Å². The molecule has 27 heavy (non-hydrogen) atoms. The van der Waals surface area contributed by atoms with Crippen LogP contribution >= 0.6 is 15.9 Å². The van der Waals surface area contributed by atoms with Crippen molar-refractivity contribution in [3.8, 4) is 11.4 Å². The number of benzene rings is 2. The quantitative estimate of drug-likeness (QED) is 0.622. The number of halogens is 1. The third kappa shape index (κ3) is 5.80. The van der Waals surface area contributed by atoms with E-state index in [0.29, 0.717) is 17.3 Å². The Morgan fingerprint density at radius 1 is 1.07 bits per heavy atom. The molecule has 3 aromatic rings. The summed E-state index contributed by atoms with van der Waals surface area (Å²) in [4.78, 5) is 20.8. The van der Waals surface area contributed by atoms with Gasteiger partial charge in [0, 0.05) is 44.2 Å². The van der Waals surface area contributed by atoms with Gasteiger partial charge in [-0.15, -0.1) is 0 Å². The maximum absolute atomic E-state index is 12.2. The molecule has 0 aliphatic heterocycles. The van der Waals surface area contributed by atoms with Crippen molar-refractivity contribution in [1.29, 1.82) is 0 Å². The zero-order valence-corrected chi connectivity index (χ0v) is 17.1. The Hall–Kier alpha value is -2.38. The molecule has 0 fully saturated rings. The van der Waals surface area contributed by atoms with Gasteiger partial charge in [0.25, 0.3) is 0 Å². The first kappa shape index (κ1) is 19.4. The van der Waals surface area contributed by atoms with Crippen molar-refractivity contribution < 1.29 is 9.00 Å². The van der Waals surface area contributed by atoms with Crippen LogP contribution in [-0.4, -0.2) is 25.8 Å². The summed E-state index contributed by atoms with van der Waals surface area (Å²) in [5.41, 5.74) is 3.35. The van der Waals surface area contributed by atoms with Gasteiger partial charge in [-0.2, -0.15) is 0 Å².